The number of carbonyl (C=O) groups excluding carboxylic acids is 1. The van der Waals surface area contributed by atoms with E-state index in [0.717, 1.165) is 43.4 Å². The van der Waals surface area contributed by atoms with Crippen molar-refractivity contribution in [2.75, 3.05) is 13.2 Å². The van der Waals surface area contributed by atoms with Crippen molar-refractivity contribution in [1.82, 2.24) is 5.32 Å². The summed E-state index contributed by atoms with van der Waals surface area (Å²) in [6, 6.07) is 8.16. The number of rotatable bonds is 6. The maximum Gasteiger partial charge on any atom is 0.223 e. The van der Waals surface area contributed by atoms with Crippen molar-refractivity contribution in [3.8, 4) is 5.75 Å². The summed E-state index contributed by atoms with van der Waals surface area (Å²) in [7, 11) is 0. The summed E-state index contributed by atoms with van der Waals surface area (Å²) in [6.07, 6.45) is 4.73. The van der Waals surface area contributed by atoms with Crippen LogP contribution in [0.2, 0.25) is 0 Å². The van der Waals surface area contributed by atoms with Crippen LogP contribution in [0, 0.1) is 12.8 Å². The van der Waals surface area contributed by atoms with Gasteiger partial charge in [-0.3, -0.25) is 4.79 Å². The van der Waals surface area contributed by atoms with Gasteiger partial charge in [-0.2, -0.15) is 0 Å². The number of carbonyl (C=O) groups is 1. The summed E-state index contributed by atoms with van der Waals surface area (Å²) in [5.74, 6) is 1.18. The Bertz CT molecular complexity index is 468. The third-order valence-electron chi connectivity index (χ3n) is 4.06. The van der Waals surface area contributed by atoms with E-state index in [1.807, 2.05) is 31.2 Å². The van der Waals surface area contributed by atoms with Crippen molar-refractivity contribution in [3.05, 3.63) is 29.8 Å². The number of halogens is 1. The fourth-order valence-electron chi connectivity index (χ4n) is 2.79. The van der Waals surface area contributed by atoms with Crippen LogP contribution >= 0.6 is 12.4 Å². The van der Waals surface area contributed by atoms with E-state index < -0.39 is 0 Å². The van der Waals surface area contributed by atoms with Crippen molar-refractivity contribution >= 4 is 18.3 Å². The van der Waals surface area contributed by atoms with Gasteiger partial charge in [-0.1, -0.05) is 24.6 Å². The Morgan fingerprint density at radius 3 is 2.86 bits per heavy atom. The lowest BCUT2D eigenvalue weighted by Gasteiger charge is -2.25. The largest absolute Gasteiger partial charge is 0.493 e. The first-order valence-corrected chi connectivity index (χ1v) is 7.88. The van der Waals surface area contributed by atoms with Crippen molar-refractivity contribution in [2.45, 2.75) is 45.1 Å². The van der Waals surface area contributed by atoms with Crippen molar-refractivity contribution in [1.29, 1.82) is 0 Å². The Labute approximate surface area is 139 Å². The normalized spacial score (nSPS) is 20.8. The third kappa shape index (κ3) is 5.85. The predicted octanol–water partition coefficient (Wildman–Crippen LogP) is 2.82. The molecule has 1 aliphatic rings. The monoisotopic (exact) mass is 326 g/mol. The second kappa shape index (κ2) is 9.70. The Balaban J connectivity index is 0.00000242. The number of nitrogens with one attached hydrogen (secondary N) is 1. The molecule has 0 aromatic heterocycles. The first-order chi connectivity index (χ1) is 10.2. The Kier molecular flexibility index (Phi) is 8.28. The fraction of sp³-hybridized carbons (Fsp3) is 0.588. The van der Waals surface area contributed by atoms with E-state index in [9.17, 15) is 4.79 Å². The van der Waals surface area contributed by atoms with Gasteiger partial charge in [0.2, 0.25) is 5.91 Å². The lowest BCUT2D eigenvalue weighted by molar-refractivity contribution is -0.126. The van der Waals surface area contributed by atoms with Crippen LogP contribution in [0.15, 0.2) is 24.3 Å². The van der Waals surface area contributed by atoms with Crippen LogP contribution < -0.4 is 15.8 Å². The van der Waals surface area contributed by atoms with Gasteiger partial charge in [0.15, 0.2) is 0 Å². The SMILES string of the molecule is Cc1ccccc1OCCCNC(=O)C1CCCC(N)C1.Cl. The zero-order valence-corrected chi connectivity index (χ0v) is 14.0. The summed E-state index contributed by atoms with van der Waals surface area (Å²) in [4.78, 5) is 12.0. The zero-order valence-electron chi connectivity index (χ0n) is 13.2. The molecule has 1 aromatic carbocycles. The van der Waals surface area contributed by atoms with Gasteiger partial charge < -0.3 is 15.8 Å². The molecule has 0 aliphatic heterocycles. The molecule has 0 saturated heterocycles. The van der Waals surface area contributed by atoms with Gasteiger partial charge in [0, 0.05) is 18.5 Å². The molecule has 1 fully saturated rings. The van der Waals surface area contributed by atoms with Crippen LogP contribution in [0.4, 0.5) is 0 Å². The molecule has 2 rings (SSSR count). The number of benzene rings is 1. The second-order valence-electron chi connectivity index (χ2n) is 5.88. The van der Waals surface area contributed by atoms with Crippen molar-refractivity contribution in [2.24, 2.45) is 11.7 Å². The minimum atomic E-state index is 0. The average Bonchev–Trinajstić information content (AvgIpc) is 2.48. The molecule has 1 amide bonds. The molecular weight excluding hydrogens is 300 g/mol. The highest BCUT2D eigenvalue weighted by molar-refractivity contribution is 5.85. The van der Waals surface area contributed by atoms with Crippen LogP contribution in [0.25, 0.3) is 0 Å². The molecule has 0 radical (unpaired) electrons. The maximum absolute atomic E-state index is 12.0. The van der Waals surface area contributed by atoms with E-state index in [2.05, 4.69) is 5.32 Å². The number of nitrogens with two attached hydrogens (primary N) is 1. The van der Waals surface area contributed by atoms with E-state index in [1.54, 1.807) is 0 Å². The van der Waals surface area contributed by atoms with E-state index in [4.69, 9.17) is 10.5 Å². The van der Waals surface area contributed by atoms with E-state index in [1.165, 1.54) is 0 Å². The van der Waals surface area contributed by atoms with E-state index in [-0.39, 0.29) is 30.3 Å². The van der Waals surface area contributed by atoms with Crippen LogP contribution in [0.1, 0.15) is 37.7 Å². The molecule has 0 spiro atoms. The minimum Gasteiger partial charge on any atom is -0.493 e. The number of hydrogen-bond acceptors (Lipinski definition) is 3. The quantitative estimate of drug-likeness (QED) is 0.790. The molecular formula is C17H27ClN2O2. The van der Waals surface area contributed by atoms with Crippen molar-refractivity contribution in [3.63, 3.8) is 0 Å². The van der Waals surface area contributed by atoms with Gasteiger partial charge in [-0.05, 0) is 44.2 Å². The number of ether oxygens (including phenoxy) is 1. The van der Waals surface area contributed by atoms with Crippen LogP contribution in [-0.4, -0.2) is 25.1 Å². The van der Waals surface area contributed by atoms with Gasteiger partial charge in [-0.25, -0.2) is 0 Å². The smallest absolute Gasteiger partial charge is 0.223 e. The Hall–Kier alpha value is -1.26. The highest BCUT2D eigenvalue weighted by Gasteiger charge is 2.24. The highest BCUT2D eigenvalue weighted by atomic mass is 35.5. The van der Waals surface area contributed by atoms with Gasteiger partial charge in [0.25, 0.3) is 0 Å². The molecule has 22 heavy (non-hydrogen) atoms. The summed E-state index contributed by atoms with van der Waals surface area (Å²) < 4.78 is 5.71. The predicted molar refractivity (Wildman–Crippen MR) is 91.5 cm³/mol. The molecule has 0 bridgehead atoms. The summed E-state index contributed by atoms with van der Waals surface area (Å²) >= 11 is 0. The van der Waals surface area contributed by atoms with Crippen LogP contribution in [0.5, 0.6) is 5.75 Å². The Morgan fingerprint density at radius 1 is 1.36 bits per heavy atom. The number of amides is 1. The summed E-state index contributed by atoms with van der Waals surface area (Å²) in [6.45, 7) is 3.31. The first-order valence-electron chi connectivity index (χ1n) is 7.88. The highest BCUT2D eigenvalue weighted by Crippen LogP contribution is 2.23. The third-order valence-corrected chi connectivity index (χ3v) is 4.06. The average molecular weight is 327 g/mol. The molecule has 4 nitrogen and oxygen atoms in total. The number of para-hydroxylation sites is 1. The van der Waals surface area contributed by atoms with Gasteiger partial charge in [0.05, 0.1) is 6.61 Å². The lowest BCUT2D eigenvalue weighted by atomic mass is 9.85. The molecule has 1 saturated carbocycles. The number of hydrogen-bond donors (Lipinski definition) is 2. The molecule has 3 N–H and O–H groups in total. The first kappa shape index (κ1) is 18.8. The molecule has 1 aliphatic carbocycles. The second-order valence-corrected chi connectivity index (χ2v) is 5.88. The summed E-state index contributed by atoms with van der Waals surface area (Å²) in [5, 5.41) is 3.00. The molecule has 5 heteroatoms. The fourth-order valence-corrected chi connectivity index (χ4v) is 2.79. The Morgan fingerprint density at radius 2 is 2.14 bits per heavy atom. The lowest BCUT2D eigenvalue weighted by Crippen LogP contribution is -2.38. The zero-order chi connectivity index (χ0) is 15.1. The van der Waals surface area contributed by atoms with Crippen molar-refractivity contribution < 1.29 is 9.53 Å². The standard InChI is InChI=1S/C17H26N2O2.ClH/c1-13-6-2-3-9-16(13)21-11-5-10-19-17(20)14-7-4-8-15(18)12-14;/h2-3,6,9,14-15H,4-5,7-8,10-12,18H2,1H3,(H,19,20);1H. The van der Waals surface area contributed by atoms with Crippen LogP contribution in [-0.2, 0) is 4.79 Å². The van der Waals surface area contributed by atoms with E-state index >= 15 is 0 Å². The number of aryl methyl sites for hydroxylation is 1. The molecule has 0 heterocycles. The molecule has 1 aromatic rings. The van der Waals surface area contributed by atoms with Gasteiger partial charge in [-0.15, -0.1) is 12.4 Å². The molecule has 2 atom stereocenters. The molecule has 124 valence electrons. The summed E-state index contributed by atoms with van der Waals surface area (Å²) in [5.41, 5.74) is 7.05. The van der Waals surface area contributed by atoms with E-state index in [0.29, 0.717) is 13.2 Å². The maximum atomic E-state index is 12.0. The molecule has 2 unspecified atom stereocenters. The topological polar surface area (TPSA) is 64.3 Å². The minimum absolute atomic E-state index is 0. The van der Waals surface area contributed by atoms with Gasteiger partial charge in [0.1, 0.15) is 5.75 Å². The van der Waals surface area contributed by atoms with Crippen LogP contribution in [0.3, 0.4) is 0 Å². The van der Waals surface area contributed by atoms with Gasteiger partial charge >= 0.3 is 0 Å².